The van der Waals surface area contributed by atoms with Gasteiger partial charge in [0.15, 0.2) is 0 Å². The van der Waals surface area contributed by atoms with Crippen LogP contribution in [-0.2, 0) is 0 Å². The minimum atomic E-state index is 1.12. The van der Waals surface area contributed by atoms with Crippen LogP contribution >= 0.6 is 0 Å². The van der Waals surface area contributed by atoms with E-state index in [2.05, 4.69) is 18.5 Å². The monoisotopic (exact) mass is 249 g/mol. The van der Waals surface area contributed by atoms with Crippen molar-refractivity contribution in [3.8, 4) is 0 Å². The van der Waals surface area contributed by atoms with Gasteiger partial charge in [-0.3, -0.25) is 0 Å². The summed E-state index contributed by atoms with van der Waals surface area (Å²) in [7, 11) is 0. The first-order valence-corrected chi connectivity index (χ1v) is 6.14. The van der Waals surface area contributed by atoms with E-state index in [1.165, 1.54) is 0 Å². The Kier molecular flexibility index (Phi) is 7.25. The molecule has 0 atom stereocenters. The lowest BCUT2D eigenvalue weighted by molar-refractivity contribution is 1.55. The van der Waals surface area contributed by atoms with Crippen molar-refractivity contribution < 1.29 is 0 Å². The lowest BCUT2D eigenvalue weighted by Gasteiger charge is -2.04. The van der Waals surface area contributed by atoms with Crippen molar-refractivity contribution in [3.63, 3.8) is 0 Å². The molecule has 1 nitrogen and oxygen atoms in total. The van der Waals surface area contributed by atoms with Gasteiger partial charge in [0.05, 0.1) is 0 Å². The Morgan fingerprint density at radius 1 is 0.632 bits per heavy atom. The molecule has 0 aliphatic carbocycles. The third-order valence-corrected chi connectivity index (χ3v) is 2.22. The zero-order valence-corrected chi connectivity index (χ0v) is 11.0. The van der Waals surface area contributed by atoms with Crippen molar-refractivity contribution in [2.75, 3.05) is 5.32 Å². The van der Waals surface area contributed by atoms with E-state index in [0.29, 0.717) is 0 Å². The number of rotatable bonds is 4. The van der Waals surface area contributed by atoms with Crippen LogP contribution in [0.5, 0.6) is 0 Å². The summed E-state index contributed by atoms with van der Waals surface area (Å²) in [6.07, 6.45) is 7.07. The maximum Gasteiger partial charge on any atom is 0.0384 e. The number of anilines is 2. The number of hydrogen-bond donors (Lipinski definition) is 1. The van der Waals surface area contributed by atoms with Crippen LogP contribution in [0.1, 0.15) is 0 Å². The van der Waals surface area contributed by atoms with Crippen LogP contribution in [0, 0.1) is 0 Å². The van der Waals surface area contributed by atoms with E-state index < -0.39 is 0 Å². The highest BCUT2D eigenvalue weighted by Gasteiger charge is 1.89. The summed E-state index contributed by atoms with van der Waals surface area (Å²) >= 11 is 0. The number of hydrogen-bond acceptors (Lipinski definition) is 1. The standard InChI is InChI=1S/C12H11N.C6H8/c1-3-7-11(8-4-1)13-12-9-5-2-6-10-12;1-3-5-6-4-2/h1-10,13H;3-6H,1-2H2/b;6-5-. The first-order valence-electron chi connectivity index (χ1n) is 6.14. The van der Waals surface area contributed by atoms with Crippen molar-refractivity contribution in [2.24, 2.45) is 0 Å². The van der Waals surface area contributed by atoms with E-state index in [4.69, 9.17) is 0 Å². The molecule has 0 fully saturated rings. The van der Waals surface area contributed by atoms with E-state index in [1.54, 1.807) is 12.2 Å². The Morgan fingerprint density at radius 3 is 1.32 bits per heavy atom. The van der Waals surface area contributed by atoms with Crippen LogP contribution in [0.4, 0.5) is 11.4 Å². The number of para-hydroxylation sites is 2. The highest BCUT2D eigenvalue weighted by Crippen LogP contribution is 2.14. The molecule has 0 radical (unpaired) electrons. The molecule has 96 valence electrons. The molecule has 2 aromatic rings. The van der Waals surface area contributed by atoms with Gasteiger partial charge in [-0.15, -0.1) is 0 Å². The second-order valence-corrected chi connectivity index (χ2v) is 3.71. The van der Waals surface area contributed by atoms with Gasteiger partial charge in [0.2, 0.25) is 0 Å². The molecule has 0 aliphatic heterocycles. The molecule has 2 aromatic carbocycles. The third-order valence-electron chi connectivity index (χ3n) is 2.22. The highest BCUT2D eigenvalue weighted by molar-refractivity contribution is 5.58. The maximum absolute atomic E-state index is 3.46. The Bertz CT molecular complexity index is 450. The van der Waals surface area contributed by atoms with Gasteiger partial charge in [-0.25, -0.2) is 0 Å². The van der Waals surface area contributed by atoms with Crippen LogP contribution in [0.25, 0.3) is 0 Å². The molecular weight excluding hydrogens is 230 g/mol. The van der Waals surface area contributed by atoms with Crippen molar-refractivity contribution in [3.05, 3.63) is 98.1 Å². The summed E-state index contributed by atoms with van der Waals surface area (Å²) in [4.78, 5) is 0. The lowest BCUT2D eigenvalue weighted by atomic mass is 10.3. The molecule has 2 rings (SSSR count). The number of nitrogens with one attached hydrogen (secondary N) is 1. The molecule has 0 aromatic heterocycles. The summed E-state index contributed by atoms with van der Waals surface area (Å²) in [5.41, 5.74) is 2.24. The minimum absolute atomic E-state index is 1.12. The fourth-order valence-electron chi connectivity index (χ4n) is 1.37. The smallest absolute Gasteiger partial charge is 0.0384 e. The van der Waals surface area contributed by atoms with E-state index in [-0.39, 0.29) is 0 Å². The summed E-state index contributed by atoms with van der Waals surface area (Å²) in [5, 5.41) is 3.30. The fraction of sp³-hybridized carbons (Fsp3) is 0. The molecule has 0 saturated heterocycles. The predicted octanol–water partition coefficient (Wildman–Crippen LogP) is 5.34. The maximum atomic E-state index is 3.46. The first kappa shape index (κ1) is 14.5. The Balaban J connectivity index is 0.000000258. The van der Waals surface area contributed by atoms with Gasteiger partial charge in [0.1, 0.15) is 0 Å². The fourth-order valence-corrected chi connectivity index (χ4v) is 1.37. The summed E-state index contributed by atoms with van der Waals surface area (Å²) in [6.45, 7) is 6.93. The van der Waals surface area contributed by atoms with Gasteiger partial charge in [0, 0.05) is 11.4 Å². The molecule has 19 heavy (non-hydrogen) atoms. The van der Waals surface area contributed by atoms with Gasteiger partial charge in [-0.1, -0.05) is 73.9 Å². The van der Waals surface area contributed by atoms with Crippen LogP contribution in [0.2, 0.25) is 0 Å². The van der Waals surface area contributed by atoms with Gasteiger partial charge in [0.25, 0.3) is 0 Å². The van der Waals surface area contributed by atoms with Crippen LogP contribution in [0.15, 0.2) is 98.1 Å². The minimum Gasteiger partial charge on any atom is -0.356 e. The second-order valence-electron chi connectivity index (χ2n) is 3.71. The van der Waals surface area contributed by atoms with Crippen molar-refractivity contribution in [1.82, 2.24) is 0 Å². The summed E-state index contributed by atoms with van der Waals surface area (Å²) in [5.74, 6) is 0. The lowest BCUT2D eigenvalue weighted by Crippen LogP contribution is -1.87. The second kappa shape index (κ2) is 9.49. The van der Waals surface area contributed by atoms with Crippen LogP contribution < -0.4 is 5.32 Å². The van der Waals surface area contributed by atoms with E-state index in [0.717, 1.165) is 11.4 Å². The quantitative estimate of drug-likeness (QED) is 0.721. The van der Waals surface area contributed by atoms with Crippen LogP contribution in [0.3, 0.4) is 0 Å². The van der Waals surface area contributed by atoms with E-state index >= 15 is 0 Å². The average Bonchev–Trinajstić information content (AvgIpc) is 2.48. The molecule has 0 heterocycles. The molecule has 0 amide bonds. The Morgan fingerprint density at radius 2 is 1.00 bits per heavy atom. The molecule has 0 saturated carbocycles. The van der Waals surface area contributed by atoms with E-state index in [9.17, 15) is 0 Å². The zero-order chi connectivity index (χ0) is 13.8. The van der Waals surface area contributed by atoms with Gasteiger partial charge in [-0.05, 0) is 24.3 Å². The number of allylic oxidation sites excluding steroid dienone is 4. The molecular formula is C18H19N. The first-order chi connectivity index (χ1) is 9.36. The van der Waals surface area contributed by atoms with Gasteiger partial charge in [-0.2, -0.15) is 0 Å². The van der Waals surface area contributed by atoms with Crippen LogP contribution in [-0.4, -0.2) is 0 Å². The topological polar surface area (TPSA) is 12.0 Å². The molecule has 0 bridgehead atoms. The molecule has 0 aliphatic rings. The molecule has 1 N–H and O–H groups in total. The Hall–Kier alpha value is -2.54. The zero-order valence-electron chi connectivity index (χ0n) is 11.0. The molecule has 1 heteroatoms. The molecule has 0 spiro atoms. The van der Waals surface area contributed by atoms with Crippen molar-refractivity contribution in [1.29, 1.82) is 0 Å². The van der Waals surface area contributed by atoms with Gasteiger partial charge >= 0.3 is 0 Å². The number of benzene rings is 2. The van der Waals surface area contributed by atoms with Gasteiger partial charge < -0.3 is 5.32 Å². The molecule has 0 unspecified atom stereocenters. The normalized spacial score (nSPS) is 9.26. The van der Waals surface area contributed by atoms with E-state index in [1.807, 2.05) is 72.8 Å². The summed E-state index contributed by atoms with van der Waals surface area (Å²) < 4.78 is 0. The average molecular weight is 249 g/mol. The Labute approximate surface area is 115 Å². The highest BCUT2D eigenvalue weighted by atomic mass is 14.9. The van der Waals surface area contributed by atoms with Crippen molar-refractivity contribution >= 4 is 11.4 Å². The largest absolute Gasteiger partial charge is 0.356 e. The summed E-state index contributed by atoms with van der Waals surface area (Å²) in [6, 6.07) is 20.3. The third kappa shape index (κ3) is 6.69. The predicted molar refractivity (Wildman–Crippen MR) is 85.7 cm³/mol. The SMILES string of the molecule is C=C/C=C\C=C.c1ccc(Nc2ccccc2)cc1. The van der Waals surface area contributed by atoms with Crippen molar-refractivity contribution in [2.45, 2.75) is 0 Å².